The number of thiophene rings is 1. The zero-order valence-corrected chi connectivity index (χ0v) is 19.0. The van der Waals surface area contributed by atoms with Crippen molar-refractivity contribution in [2.75, 3.05) is 0 Å². The highest BCUT2D eigenvalue weighted by molar-refractivity contribution is 7.26. The van der Waals surface area contributed by atoms with Crippen LogP contribution in [0, 0.1) is 0 Å². The second-order valence-electron chi connectivity index (χ2n) is 8.28. The molecule has 0 amide bonds. The summed E-state index contributed by atoms with van der Waals surface area (Å²) in [5, 5.41) is 2.63. The third-order valence-corrected chi connectivity index (χ3v) is 7.51. The molecule has 0 fully saturated rings. The Morgan fingerprint density at radius 3 is 1.73 bits per heavy atom. The van der Waals surface area contributed by atoms with Crippen LogP contribution in [0.15, 0.2) is 128 Å². The summed E-state index contributed by atoms with van der Waals surface area (Å²) in [6.45, 7) is 4.47. The largest absolute Gasteiger partial charge is 0.135 e. The molecule has 5 aromatic carbocycles. The van der Waals surface area contributed by atoms with Gasteiger partial charge in [-0.1, -0.05) is 122 Å². The van der Waals surface area contributed by atoms with Gasteiger partial charge in [0.1, 0.15) is 0 Å². The molecule has 0 aliphatic carbocycles. The van der Waals surface area contributed by atoms with E-state index in [0.717, 1.165) is 11.1 Å². The zero-order chi connectivity index (χ0) is 22.2. The van der Waals surface area contributed by atoms with Crippen molar-refractivity contribution in [2.45, 2.75) is 0 Å². The number of hydrogen-bond acceptors (Lipinski definition) is 1. The molecule has 1 heterocycles. The fourth-order valence-corrected chi connectivity index (χ4v) is 5.73. The molecule has 0 atom stereocenters. The van der Waals surface area contributed by atoms with E-state index in [1.807, 2.05) is 11.3 Å². The van der Waals surface area contributed by atoms with E-state index in [0.29, 0.717) is 0 Å². The van der Waals surface area contributed by atoms with Gasteiger partial charge >= 0.3 is 0 Å². The van der Waals surface area contributed by atoms with Crippen molar-refractivity contribution >= 4 is 37.1 Å². The molecule has 0 N–H and O–H groups in total. The first-order chi connectivity index (χ1) is 16.3. The van der Waals surface area contributed by atoms with E-state index in [1.165, 1.54) is 48.0 Å². The molecule has 1 heteroatoms. The van der Waals surface area contributed by atoms with Gasteiger partial charge < -0.3 is 0 Å². The van der Waals surface area contributed by atoms with Crippen molar-refractivity contribution in [3.63, 3.8) is 0 Å². The average Bonchev–Trinajstić information content (AvgIpc) is 3.28. The maximum Gasteiger partial charge on any atom is 0.0433 e. The average molecular weight is 439 g/mol. The maximum absolute atomic E-state index is 4.47. The Kier molecular flexibility index (Phi) is 4.90. The fourth-order valence-electron chi connectivity index (χ4n) is 4.49. The van der Waals surface area contributed by atoms with Gasteiger partial charge in [0.15, 0.2) is 0 Å². The van der Waals surface area contributed by atoms with Crippen molar-refractivity contribution < 1.29 is 0 Å². The summed E-state index contributed by atoms with van der Waals surface area (Å²) in [5.41, 5.74) is 8.35. The van der Waals surface area contributed by atoms with Crippen molar-refractivity contribution in [3.05, 3.63) is 139 Å². The molecule has 0 aliphatic rings. The van der Waals surface area contributed by atoms with Gasteiger partial charge in [-0.3, -0.25) is 0 Å². The lowest BCUT2D eigenvalue weighted by molar-refractivity contribution is 1.56. The number of fused-ring (bicyclic) bond motifs is 3. The normalized spacial score (nSPS) is 11.2. The minimum Gasteiger partial charge on any atom is -0.135 e. The lowest BCUT2D eigenvalue weighted by Crippen LogP contribution is -1.87. The van der Waals surface area contributed by atoms with Gasteiger partial charge in [-0.25, -0.2) is 0 Å². The molecule has 33 heavy (non-hydrogen) atoms. The van der Waals surface area contributed by atoms with E-state index in [-0.39, 0.29) is 0 Å². The van der Waals surface area contributed by atoms with E-state index in [2.05, 4.69) is 128 Å². The van der Waals surface area contributed by atoms with Crippen LogP contribution in [0.2, 0.25) is 0 Å². The van der Waals surface area contributed by atoms with Crippen LogP contribution in [0.3, 0.4) is 0 Å². The number of hydrogen-bond donors (Lipinski definition) is 0. The first kappa shape index (κ1) is 19.7. The van der Waals surface area contributed by atoms with Gasteiger partial charge in [0.25, 0.3) is 0 Å². The smallest absolute Gasteiger partial charge is 0.0433 e. The third-order valence-electron chi connectivity index (χ3n) is 6.29. The molecule has 1 aromatic heterocycles. The fraction of sp³-hybridized carbons (Fsp3) is 0. The zero-order valence-electron chi connectivity index (χ0n) is 18.2. The lowest BCUT2D eigenvalue weighted by atomic mass is 9.95. The van der Waals surface area contributed by atoms with Crippen molar-refractivity contribution in [1.29, 1.82) is 0 Å². The molecule has 6 rings (SSSR count). The summed E-state index contributed by atoms with van der Waals surface area (Å²) in [4.78, 5) is 0. The molecule has 0 unspecified atom stereocenters. The Bertz CT molecular complexity index is 1580. The van der Waals surface area contributed by atoms with Crippen LogP contribution in [-0.4, -0.2) is 0 Å². The van der Waals surface area contributed by atoms with Crippen LogP contribution in [0.4, 0.5) is 0 Å². The minimum absolute atomic E-state index is 1.07. The third kappa shape index (κ3) is 3.57. The Labute approximate surface area is 198 Å². The molecular formula is C32H22S. The highest BCUT2D eigenvalue weighted by Gasteiger charge is 2.12. The van der Waals surface area contributed by atoms with Crippen LogP contribution in [0.1, 0.15) is 11.1 Å². The van der Waals surface area contributed by atoms with Crippen molar-refractivity contribution in [2.24, 2.45) is 0 Å². The molecule has 0 aliphatic heterocycles. The summed E-state index contributed by atoms with van der Waals surface area (Å²) >= 11 is 1.85. The van der Waals surface area contributed by atoms with Crippen LogP contribution < -0.4 is 0 Å². The molecule has 156 valence electrons. The number of rotatable bonds is 4. The Morgan fingerprint density at radius 1 is 0.485 bits per heavy atom. The van der Waals surface area contributed by atoms with Crippen LogP contribution in [-0.2, 0) is 0 Å². The highest BCUT2D eigenvalue weighted by Crippen LogP contribution is 2.39. The summed E-state index contributed by atoms with van der Waals surface area (Å²) in [7, 11) is 0. The van der Waals surface area contributed by atoms with Crippen LogP contribution >= 0.6 is 11.3 Å². The standard InChI is InChI=1S/C32H22S/c1-22(28-11-7-12-30-29-10-5-6-13-31(29)33-32(28)30)23-14-16-26(17-15-23)27-20-18-25(19-21-27)24-8-3-2-4-9-24/h2-21H,1H2. The van der Waals surface area contributed by atoms with Gasteiger partial charge in [-0.2, -0.15) is 0 Å². The van der Waals surface area contributed by atoms with E-state index < -0.39 is 0 Å². The maximum atomic E-state index is 4.47. The number of benzene rings is 5. The highest BCUT2D eigenvalue weighted by atomic mass is 32.1. The van der Waals surface area contributed by atoms with E-state index in [9.17, 15) is 0 Å². The monoisotopic (exact) mass is 438 g/mol. The molecule has 0 saturated heterocycles. The Morgan fingerprint density at radius 2 is 1.03 bits per heavy atom. The predicted molar refractivity (Wildman–Crippen MR) is 145 cm³/mol. The van der Waals surface area contributed by atoms with Crippen molar-refractivity contribution in [1.82, 2.24) is 0 Å². The molecule has 0 bridgehead atoms. The van der Waals surface area contributed by atoms with E-state index in [1.54, 1.807) is 0 Å². The molecule has 0 nitrogen and oxygen atoms in total. The van der Waals surface area contributed by atoms with Crippen molar-refractivity contribution in [3.8, 4) is 22.3 Å². The molecular weight excluding hydrogens is 416 g/mol. The molecule has 0 spiro atoms. The second-order valence-corrected chi connectivity index (χ2v) is 9.33. The Balaban J connectivity index is 1.31. The first-order valence-electron chi connectivity index (χ1n) is 11.1. The lowest BCUT2D eigenvalue weighted by Gasteiger charge is -2.10. The van der Waals surface area contributed by atoms with Crippen LogP contribution in [0.25, 0.3) is 48.0 Å². The van der Waals surface area contributed by atoms with Gasteiger partial charge in [0.05, 0.1) is 0 Å². The summed E-state index contributed by atoms with van der Waals surface area (Å²) in [6.07, 6.45) is 0. The van der Waals surface area contributed by atoms with Crippen LogP contribution in [0.5, 0.6) is 0 Å². The molecule has 6 aromatic rings. The second kappa shape index (κ2) is 8.20. The molecule has 0 saturated carbocycles. The first-order valence-corrected chi connectivity index (χ1v) is 12.0. The summed E-state index contributed by atoms with van der Waals surface area (Å²) < 4.78 is 2.63. The SMILES string of the molecule is C=C(c1ccc(-c2ccc(-c3ccccc3)cc2)cc1)c1cccc2c1sc1ccccc12. The van der Waals surface area contributed by atoms with Gasteiger partial charge in [-0.15, -0.1) is 11.3 Å². The topological polar surface area (TPSA) is 0 Å². The van der Waals surface area contributed by atoms with Gasteiger partial charge in [0.2, 0.25) is 0 Å². The van der Waals surface area contributed by atoms with Gasteiger partial charge in [-0.05, 0) is 45.0 Å². The quantitative estimate of drug-likeness (QED) is 0.257. The van der Waals surface area contributed by atoms with E-state index in [4.69, 9.17) is 0 Å². The van der Waals surface area contributed by atoms with E-state index >= 15 is 0 Å². The van der Waals surface area contributed by atoms with Gasteiger partial charge in [0, 0.05) is 20.2 Å². The minimum atomic E-state index is 1.07. The summed E-state index contributed by atoms with van der Waals surface area (Å²) in [6, 6.07) is 43.2. The summed E-state index contributed by atoms with van der Waals surface area (Å²) in [5.74, 6) is 0. The molecule has 0 radical (unpaired) electrons. The Hall–Kier alpha value is -3.94. The predicted octanol–water partition coefficient (Wildman–Crippen LogP) is 9.45.